The third-order valence-corrected chi connectivity index (χ3v) is 5.41. The second-order valence-electron chi connectivity index (χ2n) is 6.28. The summed E-state index contributed by atoms with van der Waals surface area (Å²) >= 11 is 1.20. The third-order valence-electron chi connectivity index (χ3n) is 4.64. The second-order valence-corrected chi connectivity index (χ2v) is 7.15. The average Bonchev–Trinajstić information content (AvgIpc) is 3.36. The summed E-state index contributed by atoms with van der Waals surface area (Å²) in [6, 6.07) is 12.1. The lowest BCUT2D eigenvalue weighted by Crippen LogP contribution is -2.29. The molecule has 1 amide bonds. The quantitative estimate of drug-likeness (QED) is 0.389. The van der Waals surface area contributed by atoms with Gasteiger partial charge in [0.25, 0.3) is 5.78 Å². The van der Waals surface area contributed by atoms with Crippen molar-refractivity contribution in [1.29, 1.82) is 0 Å². The minimum absolute atomic E-state index is 0.0517. The molecular weight excluding hydrogens is 392 g/mol. The van der Waals surface area contributed by atoms with E-state index in [9.17, 15) is 19.8 Å². The highest BCUT2D eigenvalue weighted by Gasteiger charge is 2.48. The Bertz CT molecular complexity index is 1110. The number of aromatic nitrogens is 1. The molecule has 1 saturated heterocycles. The number of aliphatic hydroxyl groups is 1. The molecule has 4 rings (SSSR count). The van der Waals surface area contributed by atoms with E-state index in [4.69, 9.17) is 4.74 Å². The van der Waals surface area contributed by atoms with Crippen LogP contribution < -0.4 is 9.64 Å². The fraction of sp³-hybridized carbons (Fsp3) is 0.0952. The molecule has 0 bridgehead atoms. The van der Waals surface area contributed by atoms with E-state index >= 15 is 0 Å². The zero-order chi connectivity index (χ0) is 20.5. The van der Waals surface area contributed by atoms with Crippen molar-refractivity contribution in [2.24, 2.45) is 0 Å². The number of ketones is 1. The highest BCUT2D eigenvalue weighted by Crippen LogP contribution is 2.44. The largest absolute Gasteiger partial charge is 0.507 e. The second kappa shape index (κ2) is 7.40. The van der Waals surface area contributed by atoms with Crippen molar-refractivity contribution < 1.29 is 24.5 Å². The Morgan fingerprint density at radius 3 is 2.59 bits per heavy atom. The molecule has 29 heavy (non-hydrogen) atoms. The Kier molecular flexibility index (Phi) is 4.77. The van der Waals surface area contributed by atoms with Gasteiger partial charge in [-0.1, -0.05) is 36.4 Å². The number of amides is 1. The van der Waals surface area contributed by atoms with Crippen molar-refractivity contribution in [2.45, 2.75) is 6.04 Å². The Hall–Kier alpha value is -3.65. The van der Waals surface area contributed by atoms with E-state index in [1.54, 1.807) is 41.8 Å². The number of phenolic OH excluding ortho intramolecular Hbond substituents is 1. The number of carbonyl (C=O) groups is 2. The molecule has 146 valence electrons. The summed E-state index contributed by atoms with van der Waals surface area (Å²) in [6.45, 7) is 0. The van der Waals surface area contributed by atoms with Gasteiger partial charge in [0, 0.05) is 17.1 Å². The lowest BCUT2D eigenvalue weighted by Gasteiger charge is -2.23. The Morgan fingerprint density at radius 2 is 1.93 bits per heavy atom. The molecule has 7 nitrogen and oxygen atoms in total. The molecule has 1 fully saturated rings. The van der Waals surface area contributed by atoms with E-state index in [-0.39, 0.29) is 22.8 Å². The van der Waals surface area contributed by atoms with Crippen molar-refractivity contribution >= 4 is 33.9 Å². The van der Waals surface area contributed by atoms with Crippen LogP contribution in [-0.2, 0) is 9.59 Å². The van der Waals surface area contributed by atoms with Crippen LogP contribution in [0.25, 0.3) is 5.76 Å². The number of phenols is 1. The molecule has 3 aromatic rings. The molecule has 1 aliphatic heterocycles. The number of anilines is 1. The number of Topliss-reactive ketones (excluding diaryl/α,β-unsaturated/α-hetero) is 1. The number of hydrogen-bond donors (Lipinski definition) is 2. The summed E-state index contributed by atoms with van der Waals surface area (Å²) in [5.74, 6) is -1.76. The molecule has 1 aliphatic rings. The SMILES string of the molecule is COc1cc([C@@H]2/C(=C(\O)c3ccccc3)C(=O)C(=O)N2c2nccs2)ccc1O. The number of benzene rings is 2. The van der Waals surface area contributed by atoms with Crippen LogP contribution in [0.2, 0.25) is 0 Å². The molecule has 0 saturated carbocycles. The summed E-state index contributed by atoms with van der Waals surface area (Å²) in [5.41, 5.74) is 0.857. The maximum atomic E-state index is 12.9. The van der Waals surface area contributed by atoms with E-state index in [0.29, 0.717) is 16.3 Å². The minimum atomic E-state index is -0.921. The van der Waals surface area contributed by atoms with Crippen molar-refractivity contribution in [2.75, 3.05) is 12.0 Å². The lowest BCUT2D eigenvalue weighted by atomic mass is 9.95. The standard InChI is InChI=1S/C21H16N2O5S/c1-28-15-11-13(7-8-14(15)24)17-16(18(25)12-5-3-2-4-6-12)19(26)20(27)23(17)21-22-9-10-29-21/h2-11,17,24-25H,1H3/b18-16+/t17-/m1/s1. The van der Waals surface area contributed by atoms with Gasteiger partial charge in [-0.15, -0.1) is 11.3 Å². The van der Waals surface area contributed by atoms with Gasteiger partial charge in [-0.05, 0) is 17.7 Å². The number of aliphatic hydroxyl groups excluding tert-OH is 1. The van der Waals surface area contributed by atoms with Gasteiger partial charge in [0.15, 0.2) is 16.6 Å². The Labute approximate surface area is 170 Å². The first kappa shape index (κ1) is 18.7. The molecule has 0 radical (unpaired) electrons. The maximum Gasteiger partial charge on any atom is 0.301 e. The van der Waals surface area contributed by atoms with Crippen LogP contribution in [0.4, 0.5) is 5.13 Å². The molecule has 2 aromatic carbocycles. The number of methoxy groups -OCH3 is 1. The van der Waals surface area contributed by atoms with Crippen LogP contribution in [0.5, 0.6) is 11.5 Å². The van der Waals surface area contributed by atoms with Gasteiger partial charge >= 0.3 is 5.91 Å². The van der Waals surface area contributed by atoms with Gasteiger partial charge in [-0.25, -0.2) is 4.98 Å². The van der Waals surface area contributed by atoms with E-state index in [1.165, 1.54) is 41.7 Å². The normalized spacial score (nSPS) is 18.2. The number of aromatic hydroxyl groups is 1. The average molecular weight is 408 g/mol. The summed E-state index contributed by atoms with van der Waals surface area (Å²) in [5, 5.41) is 22.9. The van der Waals surface area contributed by atoms with Crippen LogP contribution in [0.15, 0.2) is 65.7 Å². The maximum absolute atomic E-state index is 12.9. The summed E-state index contributed by atoms with van der Waals surface area (Å²) < 4.78 is 5.18. The molecule has 2 heterocycles. The number of ether oxygens (including phenoxy) is 1. The highest BCUT2D eigenvalue weighted by atomic mass is 32.1. The Morgan fingerprint density at radius 1 is 1.17 bits per heavy atom. The topological polar surface area (TPSA) is 100.0 Å². The zero-order valence-corrected chi connectivity index (χ0v) is 16.1. The van der Waals surface area contributed by atoms with Crippen molar-refractivity contribution in [3.63, 3.8) is 0 Å². The van der Waals surface area contributed by atoms with Gasteiger partial charge in [0.05, 0.1) is 18.7 Å². The lowest BCUT2D eigenvalue weighted by molar-refractivity contribution is -0.132. The smallest absolute Gasteiger partial charge is 0.301 e. The summed E-state index contributed by atoms with van der Waals surface area (Å²) in [4.78, 5) is 31.2. The van der Waals surface area contributed by atoms with E-state index in [1.807, 2.05) is 0 Å². The van der Waals surface area contributed by atoms with Crippen molar-refractivity contribution in [3.05, 3.63) is 76.8 Å². The van der Waals surface area contributed by atoms with Crippen LogP contribution in [0.1, 0.15) is 17.2 Å². The molecule has 0 aliphatic carbocycles. The van der Waals surface area contributed by atoms with E-state index in [0.717, 1.165) is 0 Å². The first-order valence-electron chi connectivity index (χ1n) is 8.65. The third kappa shape index (κ3) is 3.13. The number of carbonyl (C=O) groups excluding carboxylic acids is 2. The number of nitrogens with zero attached hydrogens (tertiary/aromatic N) is 2. The van der Waals surface area contributed by atoms with E-state index in [2.05, 4.69) is 4.98 Å². The summed E-state index contributed by atoms with van der Waals surface area (Å²) in [7, 11) is 1.40. The molecule has 0 spiro atoms. The van der Waals surface area contributed by atoms with Gasteiger partial charge in [0.2, 0.25) is 0 Å². The number of rotatable bonds is 4. The molecule has 0 unspecified atom stereocenters. The Balaban J connectivity index is 1.96. The van der Waals surface area contributed by atoms with Crippen LogP contribution in [-0.4, -0.2) is 34.0 Å². The number of thiazole rings is 1. The number of hydrogen-bond acceptors (Lipinski definition) is 7. The first-order chi connectivity index (χ1) is 14.0. The molecule has 2 N–H and O–H groups in total. The first-order valence-corrected chi connectivity index (χ1v) is 9.53. The molecule has 8 heteroatoms. The van der Waals surface area contributed by atoms with Gasteiger partial charge in [-0.2, -0.15) is 0 Å². The molecule has 1 aromatic heterocycles. The predicted octanol–water partition coefficient (Wildman–Crippen LogP) is 3.48. The predicted molar refractivity (Wildman–Crippen MR) is 108 cm³/mol. The molecule has 1 atom stereocenters. The van der Waals surface area contributed by atoms with Crippen LogP contribution >= 0.6 is 11.3 Å². The monoisotopic (exact) mass is 408 g/mol. The van der Waals surface area contributed by atoms with E-state index < -0.39 is 17.7 Å². The van der Waals surface area contributed by atoms with Gasteiger partial charge in [-0.3, -0.25) is 14.5 Å². The van der Waals surface area contributed by atoms with Crippen LogP contribution in [0, 0.1) is 0 Å². The highest BCUT2D eigenvalue weighted by molar-refractivity contribution is 7.14. The fourth-order valence-corrected chi connectivity index (χ4v) is 3.96. The van der Waals surface area contributed by atoms with Crippen molar-refractivity contribution in [3.8, 4) is 11.5 Å². The summed E-state index contributed by atoms with van der Waals surface area (Å²) in [6.07, 6.45) is 1.53. The fourth-order valence-electron chi connectivity index (χ4n) is 3.30. The van der Waals surface area contributed by atoms with Gasteiger partial charge < -0.3 is 14.9 Å². The minimum Gasteiger partial charge on any atom is -0.507 e. The van der Waals surface area contributed by atoms with Crippen molar-refractivity contribution in [1.82, 2.24) is 4.98 Å². The van der Waals surface area contributed by atoms with Gasteiger partial charge in [0.1, 0.15) is 5.76 Å². The molecular formula is C21H16N2O5S. The zero-order valence-electron chi connectivity index (χ0n) is 15.3. The van der Waals surface area contributed by atoms with Crippen LogP contribution in [0.3, 0.4) is 0 Å².